The molecule has 8 nitrogen and oxygen atoms in total. The molecule has 0 spiro atoms. The minimum absolute atomic E-state index is 0.0504. The lowest BCUT2D eigenvalue weighted by Gasteiger charge is -2.31. The van der Waals surface area contributed by atoms with Gasteiger partial charge in [-0.3, -0.25) is 9.59 Å². The molecule has 0 aromatic carbocycles. The monoisotopic (exact) mass is 897 g/mol. The summed E-state index contributed by atoms with van der Waals surface area (Å²) in [6.45, 7) is 4.61. The molecule has 0 fully saturated rings. The summed E-state index contributed by atoms with van der Waals surface area (Å²) in [5.74, 6) is -1.49. The molecule has 64 heavy (non-hydrogen) atoms. The van der Waals surface area contributed by atoms with E-state index in [1.54, 1.807) is 0 Å². The first kappa shape index (κ1) is 60.8. The first-order valence-electron chi connectivity index (χ1n) is 26.0. The van der Waals surface area contributed by atoms with Crippen LogP contribution in [0.3, 0.4) is 0 Å². The maximum Gasteiger partial charge on any atom is 0.362 e. The van der Waals surface area contributed by atoms with Crippen LogP contribution < -0.4 is 0 Å². The van der Waals surface area contributed by atoms with Crippen LogP contribution in [0, 0.1) is 0 Å². The molecule has 2 atom stereocenters. The topological polar surface area (TPSA) is 99.1 Å². The van der Waals surface area contributed by atoms with Crippen molar-refractivity contribution in [3.05, 3.63) is 72.9 Å². The molecule has 0 aliphatic heterocycles. The molecule has 0 aromatic rings. The van der Waals surface area contributed by atoms with E-state index in [1.165, 1.54) is 89.9 Å². The smallest absolute Gasteiger partial charge is 0.362 e. The van der Waals surface area contributed by atoms with Gasteiger partial charge in [0.15, 0.2) is 12.1 Å². The summed E-state index contributed by atoms with van der Waals surface area (Å²) in [7, 11) is 5.53. The van der Waals surface area contributed by atoms with Gasteiger partial charge >= 0.3 is 17.9 Å². The van der Waals surface area contributed by atoms with Gasteiger partial charge in [-0.1, -0.05) is 189 Å². The van der Waals surface area contributed by atoms with E-state index >= 15 is 0 Å². The molecule has 2 unspecified atom stereocenters. The number of hydrogen-bond donors (Lipinski definition) is 1. The quantitative estimate of drug-likeness (QED) is 0.0214. The normalized spacial score (nSPS) is 13.5. The summed E-state index contributed by atoms with van der Waals surface area (Å²) in [5, 5.41) is 9.66. The second-order valence-electron chi connectivity index (χ2n) is 18.4. The van der Waals surface area contributed by atoms with E-state index in [-0.39, 0.29) is 36.2 Å². The van der Waals surface area contributed by atoms with Crippen molar-refractivity contribution < 1.29 is 38.2 Å². The molecule has 368 valence electrons. The highest BCUT2D eigenvalue weighted by Gasteiger charge is 2.31. The Hall–Kier alpha value is -3.23. The van der Waals surface area contributed by atoms with Crippen molar-refractivity contribution in [3.63, 3.8) is 0 Å². The molecular weight excluding hydrogens is 799 g/mol. The number of hydrogen-bond acceptors (Lipinski definition) is 6. The van der Waals surface area contributed by atoms with Crippen LogP contribution in [0.15, 0.2) is 72.9 Å². The van der Waals surface area contributed by atoms with Crippen LogP contribution in [0.4, 0.5) is 0 Å². The maximum atomic E-state index is 12.8. The first-order chi connectivity index (χ1) is 31.1. The summed E-state index contributed by atoms with van der Waals surface area (Å²) >= 11 is 0. The van der Waals surface area contributed by atoms with Crippen molar-refractivity contribution in [3.8, 4) is 0 Å². The van der Waals surface area contributed by atoms with Crippen LogP contribution in [0.2, 0.25) is 0 Å². The predicted octanol–water partition coefficient (Wildman–Crippen LogP) is 15.1. The van der Waals surface area contributed by atoms with Gasteiger partial charge in [-0.2, -0.15) is 0 Å². The van der Waals surface area contributed by atoms with Gasteiger partial charge in [-0.25, -0.2) is 4.79 Å². The summed E-state index contributed by atoms with van der Waals surface area (Å²) in [6.07, 6.45) is 59.5. The zero-order valence-electron chi connectivity index (χ0n) is 42.0. The van der Waals surface area contributed by atoms with E-state index in [0.717, 1.165) is 89.9 Å². The molecule has 0 radical (unpaired) electrons. The molecule has 0 rings (SSSR count). The number of carbonyl (C=O) groups excluding carboxylic acids is 2. The fourth-order valence-electron chi connectivity index (χ4n) is 7.37. The van der Waals surface area contributed by atoms with Crippen molar-refractivity contribution >= 4 is 17.9 Å². The van der Waals surface area contributed by atoms with Crippen LogP contribution in [-0.4, -0.2) is 80.6 Å². The molecule has 0 aromatic heterocycles. The summed E-state index contributed by atoms with van der Waals surface area (Å²) in [5.41, 5.74) is 0. The number of allylic oxidation sites excluding steroid dienone is 12. The molecule has 0 amide bonds. The second-order valence-corrected chi connectivity index (χ2v) is 18.4. The van der Waals surface area contributed by atoms with Gasteiger partial charge in [-0.05, 0) is 77.0 Å². The van der Waals surface area contributed by atoms with Crippen LogP contribution in [0.1, 0.15) is 213 Å². The van der Waals surface area contributed by atoms with Crippen molar-refractivity contribution in [2.24, 2.45) is 0 Å². The Bertz CT molecular complexity index is 1270. The molecule has 0 saturated carbocycles. The van der Waals surface area contributed by atoms with Crippen LogP contribution >= 0.6 is 0 Å². The minimum atomic E-state index is -0.879. The predicted molar refractivity (Wildman–Crippen MR) is 270 cm³/mol. The molecule has 1 N–H and O–H groups in total. The number of carboxylic acids is 1. The number of nitrogens with zero attached hydrogens (tertiary/aromatic N) is 1. The van der Waals surface area contributed by atoms with E-state index in [2.05, 4.69) is 86.8 Å². The largest absolute Gasteiger partial charge is 0.477 e. The number of carbonyl (C=O) groups is 3. The lowest BCUT2D eigenvalue weighted by Crippen LogP contribution is -2.50. The minimum Gasteiger partial charge on any atom is -0.477 e. The zero-order valence-corrected chi connectivity index (χ0v) is 42.0. The molecular formula is C56H98NO7+. The summed E-state index contributed by atoms with van der Waals surface area (Å²) < 4.78 is 17.3. The van der Waals surface area contributed by atoms with Gasteiger partial charge in [0.1, 0.15) is 6.61 Å². The van der Waals surface area contributed by atoms with Crippen molar-refractivity contribution in [1.82, 2.24) is 0 Å². The lowest BCUT2D eigenvalue weighted by atomic mass is 10.1. The third-order valence-corrected chi connectivity index (χ3v) is 11.4. The summed E-state index contributed by atoms with van der Waals surface area (Å²) in [4.78, 5) is 37.2. The highest BCUT2D eigenvalue weighted by atomic mass is 16.6. The molecule has 0 bridgehead atoms. The fourth-order valence-corrected chi connectivity index (χ4v) is 7.37. The number of esters is 2. The Morgan fingerprint density at radius 3 is 1.39 bits per heavy atom. The molecule has 0 aliphatic rings. The van der Waals surface area contributed by atoms with Crippen LogP contribution in [0.5, 0.6) is 0 Å². The fraction of sp³-hybridized carbons (Fsp3) is 0.732. The van der Waals surface area contributed by atoms with E-state index in [4.69, 9.17) is 14.2 Å². The second kappa shape index (κ2) is 46.3. The van der Waals surface area contributed by atoms with Gasteiger partial charge < -0.3 is 23.8 Å². The van der Waals surface area contributed by atoms with Gasteiger partial charge in [0.2, 0.25) is 0 Å². The number of aliphatic carboxylic acids is 1. The number of unbranched alkanes of at least 4 members (excludes halogenated alkanes) is 21. The molecule has 0 saturated heterocycles. The van der Waals surface area contributed by atoms with Crippen molar-refractivity contribution in [2.75, 3.05) is 41.0 Å². The SMILES string of the molecule is CC/C=C/C/C=C/C/C=C/C/C=C/CCCCCCCCCCCC(=O)OCC(COCCC(C(=O)O)[N+](C)(C)C)OC(=O)CCCCCCC/C=C/C=C/CCCCCCCCC. The average Bonchev–Trinajstić information content (AvgIpc) is 3.26. The number of ether oxygens (including phenoxy) is 3. The highest BCUT2D eigenvalue weighted by Crippen LogP contribution is 2.15. The zero-order chi connectivity index (χ0) is 47.0. The molecule has 0 aliphatic carbocycles. The van der Waals surface area contributed by atoms with Crippen LogP contribution in [-0.2, 0) is 28.6 Å². The number of carboxylic acid groups (broad SMARTS) is 1. The number of quaternary nitrogens is 1. The number of likely N-dealkylation sites (N-methyl/N-ethyl adjacent to an activating group) is 1. The van der Waals surface area contributed by atoms with E-state index in [9.17, 15) is 19.5 Å². The lowest BCUT2D eigenvalue weighted by molar-refractivity contribution is -0.887. The Morgan fingerprint density at radius 1 is 0.500 bits per heavy atom. The average molecular weight is 897 g/mol. The molecule has 0 heterocycles. The number of rotatable bonds is 46. The van der Waals surface area contributed by atoms with Gasteiger partial charge in [0.05, 0.1) is 34.4 Å². The highest BCUT2D eigenvalue weighted by molar-refractivity contribution is 5.72. The van der Waals surface area contributed by atoms with Gasteiger partial charge in [0, 0.05) is 19.3 Å². The maximum absolute atomic E-state index is 12.8. The standard InChI is InChI=1S/C56H97NO7/c1-6-8-10-12-14-16-18-20-22-24-26-27-28-29-31-32-34-36-38-40-42-44-46-54(58)63-51-52(50-62-49-48-53(56(60)61)57(3,4)5)64-55(59)47-45-43-41-39-37-35-33-30-25-23-21-19-17-15-13-11-9-7-2/h8,10,14,16,20,22-23,25-27,30,33,52-53H,6-7,9,11-13,15,17-19,21,24,28-29,31-32,34-51H2,1-5H3/p+1/b10-8+,16-14+,22-20+,25-23+,27-26+,33-30+. The van der Waals surface area contributed by atoms with E-state index in [1.807, 2.05) is 21.1 Å². The van der Waals surface area contributed by atoms with Crippen molar-refractivity contribution in [2.45, 2.75) is 225 Å². The van der Waals surface area contributed by atoms with Gasteiger partial charge in [-0.15, -0.1) is 0 Å². The Balaban J connectivity index is 4.28. The van der Waals surface area contributed by atoms with Crippen molar-refractivity contribution in [1.29, 1.82) is 0 Å². The third-order valence-electron chi connectivity index (χ3n) is 11.4. The van der Waals surface area contributed by atoms with Crippen LogP contribution in [0.25, 0.3) is 0 Å². The van der Waals surface area contributed by atoms with Gasteiger partial charge in [0.25, 0.3) is 0 Å². The third kappa shape index (κ3) is 44.0. The Kier molecular flexibility index (Phi) is 44.0. The first-order valence-corrected chi connectivity index (χ1v) is 26.0. The van der Waals surface area contributed by atoms with E-state index in [0.29, 0.717) is 19.3 Å². The Labute approximate surface area is 393 Å². The Morgan fingerprint density at radius 2 is 0.922 bits per heavy atom. The summed E-state index contributed by atoms with van der Waals surface area (Å²) in [6, 6.07) is -0.622. The van der Waals surface area contributed by atoms with E-state index < -0.39 is 18.1 Å². The molecule has 8 heteroatoms.